The number of rotatable bonds is 2. The first kappa shape index (κ1) is 15.6. The third kappa shape index (κ3) is 3.41. The number of amides is 1. The maximum atomic E-state index is 12.3. The number of hydrogen-bond donors (Lipinski definition) is 1. The van der Waals surface area contributed by atoms with Gasteiger partial charge in [0.15, 0.2) is 0 Å². The monoisotopic (exact) mass is 313 g/mol. The fourth-order valence-electron chi connectivity index (χ4n) is 2.77. The van der Waals surface area contributed by atoms with Crippen LogP contribution in [0, 0.1) is 6.92 Å². The van der Waals surface area contributed by atoms with Gasteiger partial charge in [0, 0.05) is 36.8 Å². The molecule has 0 radical (unpaired) electrons. The fourth-order valence-corrected chi connectivity index (χ4v) is 2.77. The predicted octanol–water partition coefficient (Wildman–Crippen LogP) is 2.02. The van der Waals surface area contributed by atoms with Crippen LogP contribution in [0.1, 0.15) is 55.0 Å². The minimum Gasteiger partial charge on any atom is -0.346 e. The van der Waals surface area contributed by atoms with Gasteiger partial charge in [-0.05, 0) is 19.4 Å². The molecule has 2 aromatic heterocycles. The molecular formula is C17H23N5O. The molecule has 3 rings (SSSR count). The van der Waals surface area contributed by atoms with Crippen molar-refractivity contribution in [1.82, 2.24) is 24.8 Å². The lowest BCUT2D eigenvalue weighted by Crippen LogP contribution is -2.41. The molecule has 6 nitrogen and oxygen atoms in total. The van der Waals surface area contributed by atoms with Gasteiger partial charge in [0.2, 0.25) is 0 Å². The molecule has 1 aliphatic rings. The minimum atomic E-state index is -0.139. The van der Waals surface area contributed by atoms with Crippen LogP contribution in [0.25, 0.3) is 0 Å². The fraction of sp³-hybridized carbons (Fsp3) is 0.529. The second kappa shape index (κ2) is 5.76. The van der Waals surface area contributed by atoms with E-state index in [9.17, 15) is 4.79 Å². The van der Waals surface area contributed by atoms with Crippen LogP contribution in [-0.2, 0) is 18.4 Å². The number of imidazole rings is 1. The average Bonchev–Trinajstić information content (AvgIpc) is 2.90. The molecule has 1 atom stereocenters. The third-order valence-electron chi connectivity index (χ3n) is 4.10. The Morgan fingerprint density at radius 3 is 2.83 bits per heavy atom. The number of carbonyl (C=O) groups excluding carboxylic acids is 1. The van der Waals surface area contributed by atoms with E-state index in [4.69, 9.17) is 4.98 Å². The van der Waals surface area contributed by atoms with Crippen LogP contribution in [-0.4, -0.2) is 31.5 Å². The van der Waals surface area contributed by atoms with Crippen molar-refractivity contribution in [3.05, 3.63) is 41.5 Å². The summed E-state index contributed by atoms with van der Waals surface area (Å²) in [6.07, 6.45) is 5.50. The lowest BCUT2D eigenvalue weighted by Gasteiger charge is -2.24. The highest BCUT2D eigenvalue weighted by Gasteiger charge is 2.25. The average molecular weight is 313 g/mol. The molecule has 0 saturated heterocycles. The zero-order valence-corrected chi connectivity index (χ0v) is 14.1. The van der Waals surface area contributed by atoms with Gasteiger partial charge < -0.3 is 9.88 Å². The SMILES string of the molecule is Cc1nccc(C(=O)NC2CCc3nc(C(C)(C)C)cn3C2)n1. The standard InChI is InChI=1S/C17H23N5O/c1-11-18-8-7-13(19-11)16(23)20-12-5-6-15-21-14(17(2,3)4)10-22(15)9-12/h7-8,10,12H,5-6,9H2,1-4H3,(H,20,23). The van der Waals surface area contributed by atoms with Crippen LogP contribution >= 0.6 is 0 Å². The Balaban J connectivity index is 1.70. The summed E-state index contributed by atoms with van der Waals surface area (Å²) in [5.41, 5.74) is 1.57. The largest absolute Gasteiger partial charge is 0.346 e. The van der Waals surface area contributed by atoms with Gasteiger partial charge in [-0.15, -0.1) is 0 Å². The van der Waals surface area contributed by atoms with Gasteiger partial charge in [-0.3, -0.25) is 4.79 Å². The minimum absolute atomic E-state index is 0.0432. The van der Waals surface area contributed by atoms with E-state index >= 15 is 0 Å². The molecule has 0 aliphatic carbocycles. The van der Waals surface area contributed by atoms with E-state index in [1.54, 1.807) is 19.2 Å². The van der Waals surface area contributed by atoms with Gasteiger partial charge >= 0.3 is 0 Å². The summed E-state index contributed by atoms with van der Waals surface area (Å²) >= 11 is 0. The van der Waals surface area contributed by atoms with Crippen molar-refractivity contribution < 1.29 is 4.79 Å². The van der Waals surface area contributed by atoms with Crippen molar-refractivity contribution in [3.63, 3.8) is 0 Å². The number of aryl methyl sites for hydroxylation is 2. The van der Waals surface area contributed by atoms with Gasteiger partial charge in [-0.2, -0.15) is 0 Å². The number of hydrogen-bond acceptors (Lipinski definition) is 4. The highest BCUT2D eigenvalue weighted by Crippen LogP contribution is 2.24. The molecular weight excluding hydrogens is 290 g/mol. The van der Waals surface area contributed by atoms with E-state index in [0.717, 1.165) is 30.9 Å². The maximum absolute atomic E-state index is 12.3. The summed E-state index contributed by atoms with van der Waals surface area (Å²) in [6, 6.07) is 1.75. The van der Waals surface area contributed by atoms with E-state index in [1.807, 2.05) is 0 Å². The van der Waals surface area contributed by atoms with Crippen LogP contribution in [0.4, 0.5) is 0 Å². The zero-order valence-electron chi connectivity index (χ0n) is 14.1. The summed E-state index contributed by atoms with van der Waals surface area (Å²) in [5.74, 6) is 1.58. The summed E-state index contributed by atoms with van der Waals surface area (Å²) in [4.78, 5) is 25.2. The topological polar surface area (TPSA) is 72.7 Å². The summed E-state index contributed by atoms with van der Waals surface area (Å²) in [7, 11) is 0. The number of nitrogens with one attached hydrogen (secondary N) is 1. The molecule has 23 heavy (non-hydrogen) atoms. The first-order valence-corrected chi connectivity index (χ1v) is 8.00. The number of carbonyl (C=O) groups is 1. The van der Waals surface area contributed by atoms with E-state index in [-0.39, 0.29) is 17.4 Å². The molecule has 0 saturated carbocycles. The van der Waals surface area contributed by atoms with E-state index in [2.05, 4.69) is 46.8 Å². The van der Waals surface area contributed by atoms with Gasteiger partial charge in [0.25, 0.3) is 5.91 Å². The molecule has 1 N–H and O–H groups in total. The Bertz CT molecular complexity index is 729. The van der Waals surface area contributed by atoms with E-state index < -0.39 is 0 Å². The highest BCUT2D eigenvalue weighted by molar-refractivity contribution is 5.92. The molecule has 0 spiro atoms. The van der Waals surface area contributed by atoms with Crippen LogP contribution in [0.3, 0.4) is 0 Å². The van der Waals surface area contributed by atoms with Crippen molar-refractivity contribution in [2.75, 3.05) is 0 Å². The van der Waals surface area contributed by atoms with Crippen molar-refractivity contribution in [2.24, 2.45) is 0 Å². The first-order valence-electron chi connectivity index (χ1n) is 8.00. The molecule has 0 aromatic carbocycles. The Morgan fingerprint density at radius 2 is 2.13 bits per heavy atom. The second-order valence-corrected chi connectivity index (χ2v) is 7.14. The molecule has 2 aromatic rings. The Kier molecular flexibility index (Phi) is 3.92. The summed E-state index contributed by atoms with van der Waals surface area (Å²) < 4.78 is 2.17. The van der Waals surface area contributed by atoms with E-state index in [0.29, 0.717) is 11.5 Å². The number of aromatic nitrogens is 4. The summed E-state index contributed by atoms with van der Waals surface area (Å²) in [6.45, 7) is 9.03. The molecule has 0 bridgehead atoms. The van der Waals surface area contributed by atoms with Gasteiger partial charge in [-0.1, -0.05) is 20.8 Å². The number of fused-ring (bicyclic) bond motifs is 1. The van der Waals surface area contributed by atoms with Crippen molar-refractivity contribution in [2.45, 2.75) is 58.5 Å². The molecule has 122 valence electrons. The van der Waals surface area contributed by atoms with Crippen molar-refractivity contribution >= 4 is 5.91 Å². The Morgan fingerprint density at radius 1 is 1.35 bits per heavy atom. The molecule has 1 unspecified atom stereocenters. The quantitative estimate of drug-likeness (QED) is 0.920. The highest BCUT2D eigenvalue weighted by atomic mass is 16.1. The normalized spacial score (nSPS) is 17.7. The van der Waals surface area contributed by atoms with Crippen LogP contribution in [0.15, 0.2) is 18.5 Å². The molecule has 1 aliphatic heterocycles. The lowest BCUT2D eigenvalue weighted by molar-refractivity contribution is 0.0922. The lowest BCUT2D eigenvalue weighted by atomic mass is 9.93. The van der Waals surface area contributed by atoms with Crippen LogP contribution in [0.5, 0.6) is 0 Å². The smallest absolute Gasteiger partial charge is 0.270 e. The zero-order chi connectivity index (χ0) is 16.6. The van der Waals surface area contributed by atoms with Gasteiger partial charge in [-0.25, -0.2) is 15.0 Å². The second-order valence-electron chi connectivity index (χ2n) is 7.14. The van der Waals surface area contributed by atoms with E-state index in [1.165, 1.54) is 0 Å². The molecule has 6 heteroatoms. The van der Waals surface area contributed by atoms with Crippen LogP contribution in [0.2, 0.25) is 0 Å². The maximum Gasteiger partial charge on any atom is 0.270 e. The van der Waals surface area contributed by atoms with Gasteiger partial charge in [0.1, 0.15) is 17.3 Å². The third-order valence-corrected chi connectivity index (χ3v) is 4.10. The molecule has 0 fully saturated rings. The molecule has 1 amide bonds. The van der Waals surface area contributed by atoms with Gasteiger partial charge in [0.05, 0.1) is 5.69 Å². The van der Waals surface area contributed by atoms with Crippen molar-refractivity contribution in [3.8, 4) is 0 Å². The van der Waals surface area contributed by atoms with Crippen molar-refractivity contribution in [1.29, 1.82) is 0 Å². The van der Waals surface area contributed by atoms with Crippen LogP contribution < -0.4 is 5.32 Å². The predicted molar refractivity (Wildman–Crippen MR) is 87.3 cm³/mol. The first-order chi connectivity index (χ1) is 10.8. The summed E-state index contributed by atoms with van der Waals surface area (Å²) in [5, 5.41) is 3.07. The number of nitrogens with zero attached hydrogens (tertiary/aromatic N) is 4. The Hall–Kier alpha value is -2.24. The Labute approximate surface area is 136 Å². The molecule has 3 heterocycles.